The molecule has 1 aromatic heterocycles. The monoisotopic (exact) mass is 347 g/mol. The fraction of sp³-hybridized carbons (Fsp3) is 0.273. The minimum absolute atomic E-state index is 0.00699. The molecule has 0 saturated carbocycles. The van der Waals surface area contributed by atoms with Gasteiger partial charge in [0.25, 0.3) is 5.91 Å². The lowest BCUT2D eigenvalue weighted by Crippen LogP contribution is -2.37. The van der Waals surface area contributed by atoms with E-state index in [1.165, 1.54) is 0 Å². The van der Waals surface area contributed by atoms with E-state index in [2.05, 4.69) is 30.2 Å². The molecule has 0 radical (unpaired) electrons. The van der Waals surface area contributed by atoms with Crippen molar-refractivity contribution in [3.8, 4) is 0 Å². The van der Waals surface area contributed by atoms with Crippen molar-refractivity contribution >= 4 is 28.2 Å². The van der Waals surface area contributed by atoms with Gasteiger partial charge in [0.2, 0.25) is 0 Å². The number of rotatable bonds is 5. The molecule has 0 spiro atoms. The van der Waals surface area contributed by atoms with E-state index in [9.17, 15) is 4.79 Å². The molecule has 26 heavy (non-hydrogen) atoms. The molecular weight excluding hydrogens is 322 g/mol. The fourth-order valence-electron chi connectivity index (χ4n) is 3.06. The Balaban J connectivity index is 1.97. The maximum absolute atomic E-state index is 13.2. The number of anilines is 2. The molecule has 1 amide bonds. The smallest absolute Gasteiger partial charge is 0.258 e. The summed E-state index contributed by atoms with van der Waals surface area (Å²) in [7, 11) is 0. The molecule has 0 bridgehead atoms. The zero-order valence-electron chi connectivity index (χ0n) is 15.7. The molecule has 0 aliphatic heterocycles. The third-order valence-corrected chi connectivity index (χ3v) is 4.19. The Morgan fingerprint density at radius 3 is 2.38 bits per heavy atom. The van der Waals surface area contributed by atoms with Gasteiger partial charge in [0.1, 0.15) is 5.82 Å². The SMILES string of the molecule is CC(C)Nc1cc(N(C(=O)c2ccc3ccccc3c2)C(C)C)ccn1. The number of benzene rings is 2. The summed E-state index contributed by atoms with van der Waals surface area (Å²) in [6, 6.07) is 18.1. The predicted octanol–water partition coefficient (Wildman–Crippen LogP) is 5.11. The van der Waals surface area contributed by atoms with Crippen LogP contribution in [0, 0.1) is 0 Å². The number of hydrogen-bond acceptors (Lipinski definition) is 3. The first kappa shape index (κ1) is 17.9. The van der Waals surface area contributed by atoms with Crippen LogP contribution in [-0.2, 0) is 0 Å². The Hall–Kier alpha value is -2.88. The van der Waals surface area contributed by atoms with Crippen molar-refractivity contribution in [1.82, 2.24) is 4.98 Å². The van der Waals surface area contributed by atoms with Crippen LogP contribution < -0.4 is 10.2 Å². The maximum Gasteiger partial charge on any atom is 0.258 e. The van der Waals surface area contributed by atoms with Crippen molar-refractivity contribution in [2.75, 3.05) is 10.2 Å². The highest BCUT2D eigenvalue weighted by molar-refractivity contribution is 6.08. The third kappa shape index (κ3) is 3.85. The Morgan fingerprint density at radius 2 is 1.69 bits per heavy atom. The normalized spacial score (nSPS) is 11.2. The van der Waals surface area contributed by atoms with E-state index in [-0.39, 0.29) is 18.0 Å². The quantitative estimate of drug-likeness (QED) is 0.697. The highest BCUT2D eigenvalue weighted by atomic mass is 16.2. The van der Waals surface area contributed by atoms with Crippen LogP contribution >= 0.6 is 0 Å². The van der Waals surface area contributed by atoms with Gasteiger partial charge in [0.15, 0.2) is 0 Å². The van der Waals surface area contributed by atoms with Crippen LogP contribution in [0.2, 0.25) is 0 Å². The summed E-state index contributed by atoms with van der Waals surface area (Å²) >= 11 is 0. The molecule has 1 heterocycles. The van der Waals surface area contributed by atoms with Crippen molar-refractivity contribution in [1.29, 1.82) is 0 Å². The summed E-state index contributed by atoms with van der Waals surface area (Å²) < 4.78 is 0. The Morgan fingerprint density at radius 1 is 0.962 bits per heavy atom. The molecule has 1 N–H and O–H groups in total. The van der Waals surface area contributed by atoms with E-state index < -0.39 is 0 Å². The molecule has 0 atom stereocenters. The minimum Gasteiger partial charge on any atom is -0.368 e. The fourth-order valence-corrected chi connectivity index (χ4v) is 3.06. The molecule has 2 aromatic carbocycles. The van der Waals surface area contributed by atoms with Crippen LogP contribution in [0.15, 0.2) is 60.8 Å². The van der Waals surface area contributed by atoms with Gasteiger partial charge >= 0.3 is 0 Å². The standard InChI is InChI=1S/C22H25N3O/c1-15(2)24-21-14-20(11-12-23-21)25(16(3)4)22(26)19-10-9-17-7-5-6-8-18(17)13-19/h5-16H,1-4H3,(H,23,24). The number of hydrogen-bond donors (Lipinski definition) is 1. The summed E-state index contributed by atoms with van der Waals surface area (Å²) in [4.78, 5) is 19.4. The van der Waals surface area contributed by atoms with E-state index in [1.54, 1.807) is 6.20 Å². The number of pyridine rings is 1. The third-order valence-electron chi connectivity index (χ3n) is 4.19. The number of nitrogens with zero attached hydrogens (tertiary/aromatic N) is 2. The van der Waals surface area contributed by atoms with Crippen LogP contribution in [-0.4, -0.2) is 23.0 Å². The summed E-state index contributed by atoms with van der Waals surface area (Å²) in [6.45, 7) is 8.17. The lowest BCUT2D eigenvalue weighted by Gasteiger charge is -2.27. The van der Waals surface area contributed by atoms with Crippen LogP contribution in [0.5, 0.6) is 0 Å². The Kier molecular flexibility index (Phi) is 5.21. The zero-order chi connectivity index (χ0) is 18.7. The topological polar surface area (TPSA) is 45.2 Å². The molecule has 134 valence electrons. The highest BCUT2D eigenvalue weighted by Gasteiger charge is 2.21. The van der Waals surface area contributed by atoms with E-state index in [4.69, 9.17) is 0 Å². The van der Waals surface area contributed by atoms with Crippen LogP contribution in [0.25, 0.3) is 10.8 Å². The molecular formula is C22H25N3O. The molecule has 4 nitrogen and oxygen atoms in total. The Bertz CT molecular complexity index is 918. The molecule has 0 aliphatic carbocycles. The van der Waals surface area contributed by atoms with Crippen molar-refractivity contribution < 1.29 is 4.79 Å². The molecule has 3 rings (SSSR count). The van der Waals surface area contributed by atoms with Gasteiger partial charge in [-0.2, -0.15) is 0 Å². The summed E-state index contributed by atoms with van der Waals surface area (Å²) in [6.07, 6.45) is 1.74. The second-order valence-corrected chi connectivity index (χ2v) is 7.03. The number of nitrogens with one attached hydrogen (secondary N) is 1. The second-order valence-electron chi connectivity index (χ2n) is 7.03. The van der Waals surface area contributed by atoms with Crippen molar-refractivity contribution in [2.24, 2.45) is 0 Å². The van der Waals surface area contributed by atoms with Crippen molar-refractivity contribution in [2.45, 2.75) is 39.8 Å². The van der Waals surface area contributed by atoms with Gasteiger partial charge in [0, 0.05) is 35.6 Å². The molecule has 0 saturated heterocycles. The van der Waals surface area contributed by atoms with E-state index in [1.807, 2.05) is 67.3 Å². The number of aromatic nitrogens is 1. The van der Waals surface area contributed by atoms with Crippen molar-refractivity contribution in [3.05, 3.63) is 66.4 Å². The lowest BCUT2D eigenvalue weighted by atomic mass is 10.1. The Labute approximate surface area is 154 Å². The van der Waals surface area contributed by atoms with E-state index in [0.717, 1.165) is 22.3 Å². The largest absolute Gasteiger partial charge is 0.368 e. The van der Waals surface area contributed by atoms with Crippen LogP contribution in [0.3, 0.4) is 0 Å². The second kappa shape index (κ2) is 7.56. The van der Waals surface area contributed by atoms with Gasteiger partial charge in [-0.15, -0.1) is 0 Å². The highest BCUT2D eigenvalue weighted by Crippen LogP contribution is 2.24. The van der Waals surface area contributed by atoms with Crippen LogP contribution in [0.1, 0.15) is 38.1 Å². The number of carbonyl (C=O) groups excluding carboxylic acids is 1. The van der Waals surface area contributed by atoms with Gasteiger partial charge in [-0.3, -0.25) is 4.79 Å². The van der Waals surface area contributed by atoms with E-state index >= 15 is 0 Å². The molecule has 0 aliphatic rings. The predicted molar refractivity (Wildman–Crippen MR) is 109 cm³/mol. The lowest BCUT2D eigenvalue weighted by molar-refractivity contribution is 0.0980. The van der Waals surface area contributed by atoms with Gasteiger partial charge in [0.05, 0.1) is 0 Å². The number of fused-ring (bicyclic) bond motifs is 1. The summed E-state index contributed by atoms with van der Waals surface area (Å²) in [5, 5.41) is 5.49. The number of carbonyl (C=O) groups is 1. The number of amides is 1. The van der Waals surface area contributed by atoms with Gasteiger partial charge in [-0.05, 0) is 56.7 Å². The molecule has 0 unspecified atom stereocenters. The first-order valence-corrected chi connectivity index (χ1v) is 9.00. The van der Waals surface area contributed by atoms with Crippen LogP contribution in [0.4, 0.5) is 11.5 Å². The van der Waals surface area contributed by atoms with E-state index in [0.29, 0.717) is 5.56 Å². The molecule has 4 heteroatoms. The van der Waals surface area contributed by atoms with Gasteiger partial charge in [-0.1, -0.05) is 30.3 Å². The summed E-state index contributed by atoms with van der Waals surface area (Å²) in [5.74, 6) is 0.766. The molecule has 0 fully saturated rings. The first-order valence-electron chi connectivity index (χ1n) is 9.00. The molecule has 3 aromatic rings. The van der Waals surface area contributed by atoms with Gasteiger partial charge in [-0.25, -0.2) is 4.98 Å². The summed E-state index contributed by atoms with van der Waals surface area (Å²) in [5.41, 5.74) is 1.53. The maximum atomic E-state index is 13.2. The first-order chi connectivity index (χ1) is 12.5. The average molecular weight is 347 g/mol. The average Bonchev–Trinajstić information content (AvgIpc) is 2.61. The minimum atomic E-state index is -0.00699. The zero-order valence-corrected chi connectivity index (χ0v) is 15.7. The van der Waals surface area contributed by atoms with Gasteiger partial charge < -0.3 is 10.2 Å². The van der Waals surface area contributed by atoms with Crippen molar-refractivity contribution in [3.63, 3.8) is 0 Å².